The zero-order chi connectivity index (χ0) is 18.5. The monoisotopic (exact) mass is 360 g/mol. The van der Waals surface area contributed by atoms with Gasteiger partial charge in [-0.25, -0.2) is 4.79 Å². The molecule has 0 saturated carbocycles. The summed E-state index contributed by atoms with van der Waals surface area (Å²) in [5.41, 5.74) is 1.88. The molecule has 0 radical (unpaired) electrons. The minimum atomic E-state index is -0.921. The summed E-state index contributed by atoms with van der Waals surface area (Å²) < 4.78 is 5.71. The number of carbonyl (C=O) groups excluding carboxylic acids is 2. The molecule has 140 valence electrons. The van der Waals surface area contributed by atoms with Gasteiger partial charge in [0, 0.05) is 25.1 Å². The maximum absolute atomic E-state index is 12.3. The number of amides is 2. The Morgan fingerprint density at radius 2 is 2.12 bits per heavy atom. The predicted molar refractivity (Wildman–Crippen MR) is 95.1 cm³/mol. The quantitative estimate of drug-likeness (QED) is 0.758. The van der Waals surface area contributed by atoms with Crippen molar-refractivity contribution in [3.05, 3.63) is 23.8 Å². The zero-order valence-electron chi connectivity index (χ0n) is 14.7. The molecule has 2 N–H and O–H groups in total. The van der Waals surface area contributed by atoms with E-state index in [1.54, 1.807) is 6.07 Å². The summed E-state index contributed by atoms with van der Waals surface area (Å²) in [5.74, 6) is -0.292. The average molecular weight is 360 g/mol. The van der Waals surface area contributed by atoms with E-state index >= 15 is 0 Å². The van der Waals surface area contributed by atoms with E-state index < -0.39 is 12.0 Å². The number of aliphatic carboxylic acids is 1. The third kappa shape index (κ3) is 4.33. The molecule has 0 spiro atoms. The lowest BCUT2D eigenvalue weighted by atomic mass is 10.0. The minimum Gasteiger partial charge on any atom is -0.494 e. The van der Waals surface area contributed by atoms with E-state index in [-0.39, 0.29) is 18.2 Å². The van der Waals surface area contributed by atoms with Gasteiger partial charge >= 0.3 is 5.97 Å². The SMILES string of the molecule is O=C1CCc2cc(OCCCC(=O)N3CCCC[C@@H]3C(=O)O)ccc2N1. The molecule has 7 heteroatoms. The van der Waals surface area contributed by atoms with Gasteiger partial charge in [-0.15, -0.1) is 0 Å². The Hall–Kier alpha value is -2.57. The van der Waals surface area contributed by atoms with Crippen LogP contribution in [0.1, 0.15) is 44.1 Å². The van der Waals surface area contributed by atoms with Crippen LogP contribution in [0.25, 0.3) is 0 Å². The van der Waals surface area contributed by atoms with Crippen molar-refractivity contribution in [3.8, 4) is 5.75 Å². The fourth-order valence-electron chi connectivity index (χ4n) is 3.49. The Kier molecular flexibility index (Phi) is 5.75. The lowest BCUT2D eigenvalue weighted by Gasteiger charge is -2.33. The third-order valence-electron chi connectivity index (χ3n) is 4.88. The van der Waals surface area contributed by atoms with Gasteiger partial charge in [-0.2, -0.15) is 0 Å². The summed E-state index contributed by atoms with van der Waals surface area (Å²) >= 11 is 0. The maximum atomic E-state index is 12.3. The van der Waals surface area contributed by atoms with Crippen LogP contribution in [-0.2, 0) is 20.8 Å². The first-order valence-electron chi connectivity index (χ1n) is 9.12. The summed E-state index contributed by atoms with van der Waals surface area (Å²) in [4.78, 5) is 36.5. The molecule has 1 fully saturated rings. The van der Waals surface area contributed by atoms with Crippen LogP contribution in [0.3, 0.4) is 0 Å². The highest BCUT2D eigenvalue weighted by Crippen LogP contribution is 2.27. The summed E-state index contributed by atoms with van der Waals surface area (Å²) in [6, 6.07) is 4.87. The first-order valence-corrected chi connectivity index (χ1v) is 9.12. The first-order chi connectivity index (χ1) is 12.5. The van der Waals surface area contributed by atoms with Gasteiger partial charge in [0.05, 0.1) is 6.61 Å². The maximum Gasteiger partial charge on any atom is 0.326 e. The average Bonchev–Trinajstić information content (AvgIpc) is 2.65. The number of fused-ring (bicyclic) bond motifs is 1. The highest BCUT2D eigenvalue weighted by Gasteiger charge is 2.31. The number of nitrogens with one attached hydrogen (secondary N) is 1. The van der Waals surface area contributed by atoms with Crippen LogP contribution >= 0.6 is 0 Å². The van der Waals surface area contributed by atoms with Crippen molar-refractivity contribution in [2.45, 2.75) is 51.0 Å². The molecular formula is C19H24N2O5. The number of ether oxygens (including phenoxy) is 1. The number of nitrogens with zero attached hydrogens (tertiary/aromatic N) is 1. The van der Waals surface area contributed by atoms with Crippen molar-refractivity contribution < 1.29 is 24.2 Å². The molecular weight excluding hydrogens is 336 g/mol. The first kappa shape index (κ1) is 18.2. The largest absolute Gasteiger partial charge is 0.494 e. The molecule has 0 aromatic heterocycles. The van der Waals surface area contributed by atoms with Gasteiger partial charge in [0.1, 0.15) is 11.8 Å². The van der Waals surface area contributed by atoms with Gasteiger partial charge in [-0.3, -0.25) is 9.59 Å². The lowest BCUT2D eigenvalue weighted by Crippen LogP contribution is -2.47. The number of rotatable bonds is 6. The second kappa shape index (κ2) is 8.21. The Morgan fingerprint density at radius 1 is 1.27 bits per heavy atom. The van der Waals surface area contributed by atoms with Gasteiger partial charge in [0.25, 0.3) is 0 Å². The van der Waals surface area contributed by atoms with Crippen LogP contribution in [0.5, 0.6) is 5.75 Å². The van der Waals surface area contributed by atoms with Gasteiger partial charge in [-0.1, -0.05) is 0 Å². The number of carboxylic acid groups (broad SMARTS) is 1. The fraction of sp³-hybridized carbons (Fsp3) is 0.526. The Bertz CT molecular complexity index is 703. The number of benzene rings is 1. The van der Waals surface area contributed by atoms with Crippen LogP contribution in [0.4, 0.5) is 5.69 Å². The molecule has 2 amide bonds. The van der Waals surface area contributed by atoms with Crippen LogP contribution in [0.15, 0.2) is 18.2 Å². The smallest absolute Gasteiger partial charge is 0.326 e. The molecule has 1 aromatic carbocycles. The number of carbonyl (C=O) groups is 3. The van der Waals surface area contributed by atoms with Gasteiger partial charge in [-0.05, 0) is 55.9 Å². The van der Waals surface area contributed by atoms with E-state index in [9.17, 15) is 19.5 Å². The molecule has 0 bridgehead atoms. The number of hydrogen-bond acceptors (Lipinski definition) is 4. The second-order valence-corrected chi connectivity index (χ2v) is 6.76. The number of likely N-dealkylation sites (tertiary alicyclic amines) is 1. The van der Waals surface area contributed by atoms with Crippen molar-refractivity contribution in [2.75, 3.05) is 18.5 Å². The van der Waals surface area contributed by atoms with Gasteiger partial charge in [0.15, 0.2) is 0 Å². The number of hydrogen-bond donors (Lipinski definition) is 2. The van der Waals surface area contributed by atoms with Crippen LogP contribution in [0, 0.1) is 0 Å². The number of aryl methyl sites for hydroxylation is 1. The number of carboxylic acids is 1. The molecule has 2 aliphatic heterocycles. The highest BCUT2D eigenvalue weighted by molar-refractivity contribution is 5.94. The molecule has 3 rings (SSSR count). The summed E-state index contributed by atoms with van der Waals surface area (Å²) in [6.07, 6.45) is 4.23. The molecule has 0 aliphatic carbocycles. The summed E-state index contributed by atoms with van der Waals surface area (Å²) in [6.45, 7) is 0.912. The molecule has 1 saturated heterocycles. The predicted octanol–water partition coefficient (Wildman–Crippen LogP) is 2.20. The Balaban J connectivity index is 1.46. The topological polar surface area (TPSA) is 95.9 Å². The number of piperidine rings is 1. The minimum absolute atomic E-state index is 0.0297. The molecule has 0 unspecified atom stereocenters. The number of anilines is 1. The van der Waals surface area contributed by atoms with E-state index in [0.29, 0.717) is 44.6 Å². The van der Waals surface area contributed by atoms with E-state index in [1.165, 1.54) is 4.90 Å². The van der Waals surface area contributed by atoms with E-state index in [1.807, 2.05) is 12.1 Å². The summed E-state index contributed by atoms with van der Waals surface area (Å²) in [5, 5.41) is 12.1. The molecule has 1 aromatic rings. The van der Waals surface area contributed by atoms with Crippen LogP contribution in [0.2, 0.25) is 0 Å². The van der Waals surface area contributed by atoms with Gasteiger partial charge < -0.3 is 20.1 Å². The molecule has 2 heterocycles. The lowest BCUT2D eigenvalue weighted by molar-refractivity contribution is -0.152. The van der Waals surface area contributed by atoms with Crippen molar-refractivity contribution in [1.29, 1.82) is 0 Å². The highest BCUT2D eigenvalue weighted by atomic mass is 16.5. The Labute approximate surface area is 152 Å². The van der Waals surface area contributed by atoms with E-state index in [0.717, 1.165) is 24.1 Å². The molecule has 2 aliphatic rings. The van der Waals surface area contributed by atoms with E-state index in [2.05, 4.69) is 5.32 Å². The standard InChI is InChI=1S/C19H24N2O5/c22-17-9-6-13-12-14(7-8-15(13)20-17)26-11-3-5-18(23)21-10-2-1-4-16(21)19(24)25/h7-8,12,16H,1-6,9-11H2,(H,20,22)(H,24,25)/t16-/m1/s1. The van der Waals surface area contributed by atoms with Crippen molar-refractivity contribution in [3.63, 3.8) is 0 Å². The normalized spacial score (nSPS) is 19.5. The van der Waals surface area contributed by atoms with Crippen LogP contribution in [-0.4, -0.2) is 47.0 Å². The second-order valence-electron chi connectivity index (χ2n) is 6.76. The summed E-state index contributed by atoms with van der Waals surface area (Å²) in [7, 11) is 0. The Morgan fingerprint density at radius 3 is 2.92 bits per heavy atom. The zero-order valence-corrected chi connectivity index (χ0v) is 14.7. The van der Waals surface area contributed by atoms with Crippen molar-refractivity contribution in [2.24, 2.45) is 0 Å². The molecule has 7 nitrogen and oxygen atoms in total. The van der Waals surface area contributed by atoms with Crippen LogP contribution < -0.4 is 10.1 Å². The van der Waals surface area contributed by atoms with E-state index in [4.69, 9.17) is 4.74 Å². The molecule has 1 atom stereocenters. The fourth-order valence-corrected chi connectivity index (χ4v) is 3.49. The van der Waals surface area contributed by atoms with Crippen molar-refractivity contribution in [1.82, 2.24) is 4.90 Å². The van der Waals surface area contributed by atoms with Gasteiger partial charge in [0.2, 0.25) is 11.8 Å². The molecule has 26 heavy (non-hydrogen) atoms. The third-order valence-corrected chi connectivity index (χ3v) is 4.88. The van der Waals surface area contributed by atoms with Crippen molar-refractivity contribution >= 4 is 23.5 Å².